The minimum absolute atomic E-state index is 0.0950. The summed E-state index contributed by atoms with van der Waals surface area (Å²) in [5.41, 5.74) is -1.88. The Kier molecular flexibility index (Phi) is 6.43. The second kappa shape index (κ2) is 7.91. The summed E-state index contributed by atoms with van der Waals surface area (Å²) >= 11 is 0. The molecule has 1 aromatic rings. The van der Waals surface area contributed by atoms with Crippen LogP contribution >= 0.6 is 0 Å². The van der Waals surface area contributed by atoms with Crippen molar-refractivity contribution in [3.05, 3.63) is 33.6 Å². The average molecular weight is 356 g/mol. The van der Waals surface area contributed by atoms with Gasteiger partial charge in [-0.3, -0.25) is 20.2 Å². The van der Waals surface area contributed by atoms with Crippen molar-refractivity contribution in [1.82, 2.24) is 0 Å². The Morgan fingerprint density at radius 3 is 2.44 bits per heavy atom. The van der Waals surface area contributed by atoms with Gasteiger partial charge in [-0.25, -0.2) is 9.18 Å². The number of rotatable bonds is 5. The highest BCUT2D eigenvalue weighted by Crippen LogP contribution is 2.32. The van der Waals surface area contributed by atoms with Crippen LogP contribution in [0.3, 0.4) is 0 Å². The van der Waals surface area contributed by atoms with Crippen molar-refractivity contribution in [2.45, 2.75) is 46.1 Å². The van der Waals surface area contributed by atoms with Crippen molar-refractivity contribution in [3.8, 4) is 0 Å². The van der Waals surface area contributed by atoms with Crippen LogP contribution in [0.15, 0.2) is 12.1 Å². The molecule has 1 unspecified atom stereocenters. The first-order chi connectivity index (χ1) is 11.5. The van der Waals surface area contributed by atoms with Crippen LogP contribution in [0.1, 0.15) is 46.1 Å². The van der Waals surface area contributed by atoms with Crippen LogP contribution in [-0.2, 0) is 14.3 Å². The number of halogens is 1. The molecule has 138 valence electrons. The third kappa shape index (κ3) is 5.70. The number of nitro groups is 1. The molecule has 8 nitrogen and oxygen atoms in total. The zero-order valence-corrected chi connectivity index (χ0v) is 14.7. The van der Waals surface area contributed by atoms with E-state index in [4.69, 9.17) is 9.47 Å². The maximum Gasteiger partial charge on any atom is 0.412 e. The van der Waals surface area contributed by atoms with Crippen molar-refractivity contribution < 1.29 is 28.4 Å². The van der Waals surface area contributed by atoms with Gasteiger partial charge in [0.05, 0.1) is 23.1 Å². The smallest absolute Gasteiger partial charge is 0.412 e. The molecule has 0 aliphatic carbocycles. The molecule has 0 aliphatic rings. The molecule has 9 heteroatoms. The Balaban J connectivity index is 3.21. The van der Waals surface area contributed by atoms with Crippen LogP contribution in [-0.4, -0.2) is 29.2 Å². The van der Waals surface area contributed by atoms with Gasteiger partial charge >= 0.3 is 12.1 Å². The number of hydrogen-bond donors (Lipinski definition) is 1. The molecule has 0 saturated heterocycles. The standard InChI is InChI=1S/C16H21FN2O6/c1-6-24-14(20)9(2)10-7-11(17)12(8-13(10)19(22)23)18-15(21)25-16(3,4)5/h7-9H,6H2,1-5H3,(H,18,21). The number of hydrogen-bond acceptors (Lipinski definition) is 6. The molecular weight excluding hydrogens is 335 g/mol. The number of anilines is 1. The van der Waals surface area contributed by atoms with Gasteiger partial charge in [-0.1, -0.05) is 0 Å². The van der Waals surface area contributed by atoms with E-state index in [1.54, 1.807) is 27.7 Å². The molecule has 1 rings (SSSR count). The summed E-state index contributed by atoms with van der Waals surface area (Å²) in [7, 11) is 0. The maximum atomic E-state index is 14.3. The van der Waals surface area contributed by atoms with Gasteiger partial charge in [0, 0.05) is 11.6 Å². The van der Waals surface area contributed by atoms with E-state index in [0.29, 0.717) is 0 Å². The molecule has 0 bridgehead atoms. The van der Waals surface area contributed by atoms with Gasteiger partial charge in [0.1, 0.15) is 11.4 Å². The number of nitrogens with one attached hydrogen (secondary N) is 1. The number of ether oxygens (including phenoxy) is 2. The lowest BCUT2D eigenvalue weighted by Gasteiger charge is -2.20. The lowest BCUT2D eigenvalue weighted by atomic mass is 9.98. The summed E-state index contributed by atoms with van der Waals surface area (Å²) in [6, 6.07) is 1.69. The number of nitrogens with zero attached hydrogens (tertiary/aromatic N) is 1. The van der Waals surface area contributed by atoms with Gasteiger partial charge in [0.25, 0.3) is 5.69 Å². The lowest BCUT2D eigenvalue weighted by Crippen LogP contribution is -2.27. The number of carbonyl (C=O) groups is 2. The van der Waals surface area contributed by atoms with Crippen LogP contribution in [0.4, 0.5) is 20.6 Å². The van der Waals surface area contributed by atoms with Crippen molar-refractivity contribution in [2.75, 3.05) is 11.9 Å². The first kappa shape index (κ1) is 20.3. The van der Waals surface area contributed by atoms with E-state index >= 15 is 0 Å². The Hall–Kier alpha value is -2.71. The van der Waals surface area contributed by atoms with Gasteiger partial charge in [0.2, 0.25) is 0 Å². The normalized spacial score (nSPS) is 12.2. The molecule has 0 heterocycles. The average Bonchev–Trinajstić information content (AvgIpc) is 2.46. The van der Waals surface area contributed by atoms with E-state index in [9.17, 15) is 24.1 Å². The molecular formula is C16H21FN2O6. The quantitative estimate of drug-likeness (QED) is 0.489. The summed E-state index contributed by atoms with van der Waals surface area (Å²) in [5, 5.41) is 13.4. The zero-order chi connectivity index (χ0) is 19.4. The van der Waals surface area contributed by atoms with Crippen LogP contribution in [0.5, 0.6) is 0 Å². The third-order valence-corrected chi connectivity index (χ3v) is 3.06. The van der Waals surface area contributed by atoms with Crippen molar-refractivity contribution in [3.63, 3.8) is 0 Å². The largest absolute Gasteiger partial charge is 0.466 e. The Labute approximate surface area is 144 Å². The topological polar surface area (TPSA) is 108 Å². The SMILES string of the molecule is CCOC(=O)C(C)c1cc(F)c(NC(=O)OC(C)(C)C)cc1[N+](=O)[O-]. The molecule has 1 atom stereocenters. The Bertz CT molecular complexity index is 684. The first-order valence-electron chi connectivity index (χ1n) is 7.60. The molecule has 0 radical (unpaired) electrons. The number of amides is 1. The lowest BCUT2D eigenvalue weighted by molar-refractivity contribution is -0.385. The molecule has 0 spiro atoms. The van der Waals surface area contributed by atoms with E-state index < -0.39 is 45.7 Å². The molecule has 0 aromatic heterocycles. The number of carbonyl (C=O) groups excluding carboxylic acids is 2. The van der Waals surface area contributed by atoms with Gasteiger partial charge in [-0.05, 0) is 40.7 Å². The summed E-state index contributed by atoms with van der Waals surface area (Å²) in [6.45, 7) is 7.92. The molecule has 1 N–H and O–H groups in total. The summed E-state index contributed by atoms with van der Waals surface area (Å²) in [4.78, 5) is 34.0. The molecule has 0 aliphatic heterocycles. The Morgan fingerprint density at radius 2 is 1.96 bits per heavy atom. The van der Waals surface area contributed by atoms with Gasteiger partial charge in [-0.15, -0.1) is 0 Å². The van der Waals surface area contributed by atoms with Crippen LogP contribution < -0.4 is 5.32 Å². The molecule has 1 aromatic carbocycles. The van der Waals surface area contributed by atoms with E-state index in [1.165, 1.54) is 6.92 Å². The van der Waals surface area contributed by atoms with E-state index in [-0.39, 0.29) is 12.2 Å². The number of nitro benzene ring substituents is 1. The summed E-state index contributed by atoms with van der Waals surface area (Å²) in [5.74, 6) is -2.68. The highest BCUT2D eigenvalue weighted by molar-refractivity contribution is 5.86. The Morgan fingerprint density at radius 1 is 1.36 bits per heavy atom. The van der Waals surface area contributed by atoms with Crippen molar-refractivity contribution in [1.29, 1.82) is 0 Å². The fourth-order valence-electron chi connectivity index (χ4n) is 1.99. The monoisotopic (exact) mass is 356 g/mol. The molecule has 25 heavy (non-hydrogen) atoms. The predicted octanol–water partition coefficient (Wildman–Crippen LogP) is 3.75. The zero-order valence-electron chi connectivity index (χ0n) is 14.7. The summed E-state index contributed by atoms with van der Waals surface area (Å²) < 4.78 is 24.0. The number of esters is 1. The van der Waals surface area contributed by atoms with Crippen LogP contribution in [0, 0.1) is 15.9 Å². The van der Waals surface area contributed by atoms with Crippen LogP contribution in [0.2, 0.25) is 0 Å². The fourth-order valence-corrected chi connectivity index (χ4v) is 1.99. The minimum Gasteiger partial charge on any atom is -0.466 e. The fraction of sp³-hybridized carbons (Fsp3) is 0.500. The third-order valence-electron chi connectivity index (χ3n) is 3.06. The first-order valence-corrected chi connectivity index (χ1v) is 7.60. The van der Waals surface area contributed by atoms with E-state index in [2.05, 4.69) is 5.32 Å². The van der Waals surface area contributed by atoms with E-state index in [1.807, 2.05) is 0 Å². The van der Waals surface area contributed by atoms with Gasteiger partial charge in [0.15, 0.2) is 0 Å². The minimum atomic E-state index is -1.04. The van der Waals surface area contributed by atoms with Gasteiger partial charge in [-0.2, -0.15) is 0 Å². The number of benzene rings is 1. The molecule has 0 saturated carbocycles. The second-order valence-corrected chi connectivity index (χ2v) is 6.25. The van der Waals surface area contributed by atoms with Crippen molar-refractivity contribution >= 4 is 23.4 Å². The van der Waals surface area contributed by atoms with Gasteiger partial charge < -0.3 is 9.47 Å². The highest BCUT2D eigenvalue weighted by atomic mass is 19.1. The highest BCUT2D eigenvalue weighted by Gasteiger charge is 2.28. The second-order valence-electron chi connectivity index (χ2n) is 6.25. The maximum absolute atomic E-state index is 14.3. The predicted molar refractivity (Wildman–Crippen MR) is 88.0 cm³/mol. The van der Waals surface area contributed by atoms with Crippen LogP contribution in [0.25, 0.3) is 0 Å². The molecule has 0 fully saturated rings. The summed E-state index contributed by atoms with van der Waals surface area (Å²) in [6.07, 6.45) is -0.952. The van der Waals surface area contributed by atoms with E-state index in [0.717, 1.165) is 12.1 Å². The van der Waals surface area contributed by atoms with Crippen molar-refractivity contribution in [2.24, 2.45) is 0 Å². The molecule has 1 amide bonds.